The summed E-state index contributed by atoms with van der Waals surface area (Å²) >= 11 is 0. The van der Waals surface area contributed by atoms with Gasteiger partial charge in [-0.15, -0.1) is 0 Å². The lowest BCUT2D eigenvalue weighted by atomic mass is 10.0. The van der Waals surface area contributed by atoms with Gasteiger partial charge in [0.2, 0.25) is 0 Å². The maximum Gasteiger partial charge on any atom is 0.416 e. The minimum absolute atomic E-state index is 0.0179. The number of aliphatic hydroxyl groups excluding tert-OH is 2. The molecule has 0 radical (unpaired) electrons. The molecule has 0 aliphatic heterocycles. The molecule has 0 saturated carbocycles. The van der Waals surface area contributed by atoms with Gasteiger partial charge in [0.15, 0.2) is 0 Å². The molecule has 0 aliphatic rings. The molecule has 0 fully saturated rings. The van der Waals surface area contributed by atoms with Gasteiger partial charge >= 0.3 is 12.4 Å². The molecule has 0 aliphatic carbocycles. The van der Waals surface area contributed by atoms with E-state index in [1.54, 1.807) is 0 Å². The van der Waals surface area contributed by atoms with Crippen LogP contribution < -0.4 is 10.5 Å². The Balaban J connectivity index is 2.21. The Morgan fingerprint density at radius 2 is 1.38 bits per heavy atom. The van der Waals surface area contributed by atoms with Gasteiger partial charge in [-0.25, -0.2) is 0 Å². The SMILES string of the molecule is NC(CC(O)CCO)c1ccc(Oc2cc(C(F)(F)F)cc(C(F)(F)F)c2)cc1. The molecule has 2 rings (SSSR count). The fraction of sp³-hybridized carbons (Fsp3) is 0.368. The van der Waals surface area contributed by atoms with Gasteiger partial charge in [0.1, 0.15) is 11.5 Å². The van der Waals surface area contributed by atoms with Crippen LogP contribution in [0.15, 0.2) is 42.5 Å². The fourth-order valence-electron chi connectivity index (χ4n) is 2.60. The van der Waals surface area contributed by atoms with E-state index in [1.165, 1.54) is 24.3 Å². The molecule has 2 aromatic carbocycles. The lowest BCUT2D eigenvalue weighted by molar-refractivity contribution is -0.143. The lowest BCUT2D eigenvalue weighted by Gasteiger charge is -2.17. The van der Waals surface area contributed by atoms with Crippen molar-refractivity contribution in [2.24, 2.45) is 5.73 Å². The molecular weight excluding hydrogens is 404 g/mol. The van der Waals surface area contributed by atoms with Gasteiger partial charge in [-0.3, -0.25) is 0 Å². The second kappa shape index (κ2) is 9.02. The summed E-state index contributed by atoms with van der Waals surface area (Å²) in [7, 11) is 0. The highest BCUT2D eigenvalue weighted by atomic mass is 19.4. The topological polar surface area (TPSA) is 75.7 Å². The number of ether oxygens (including phenoxy) is 1. The number of alkyl halides is 6. The minimum atomic E-state index is -4.97. The molecule has 2 unspecified atom stereocenters. The van der Waals surface area contributed by atoms with Crippen LogP contribution in [0.1, 0.15) is 35.6 Å². The maximum absolute atomic E-state index is 12.9. The van der Waals surface area contributed by atoms with Gasteiger partial charge in [0, 0.05) is 12.6 Å². The van der Waals surface area contributed by atoms with E-state index in [0.29, 0.717) is 17.7 Å². The first kappa shape index (κ1) is 23.0. The molecule has 4 N–H and O–H groups in total. The van der Waals surface area contributed by atoms with Gasteiger partial charge in [-0.2, -0.15) is 26.3 Å². The summed E-state index contributed by atoms with van der Waals surface area (Å²) in [6.45, 7) is -0.197. The number of aliphatic hydroxyl groups is 2. The Morgan fingerprint density at radius 1 is 0.862 bits per heavy atom. The van der Waals surface area contributed by atoms with E-state index in [2.05, 4.69) is 0 Å². The highest BCUT2D eigenvalue weighted by Gasteiger charge is 2.37. The van der Waals surface area contributed by atoms with Gasteiger partial charge in [0.05, 0.1) is 17.2 Å². The van der Waals surface area contributed by atoms with Crippen molar-refractivity contribution >= 4 is 0 Å². The van der Waals surface area contributed by atoms with Gasteiger partial charge < -0.3 is 20.7 Å². The molecule has 0 spiro atoms. The third kappa shape index (κ3) is 6.62. The van der Waals surface area contributed by atoms with Crippen molar-refractivity contribution < 1.29 is 41.3 Å². The monoisotopic (exact) mass is 423 g/mol. The first-order valence-corrected chi connectivity index (χ1v) is 8.52. The van der Waals surface area contributed by atoms with Crippen molar-refractivity contribution in [2.75, 3.05) is 6.61 Å². The zero-order chi connectivity index (χ0) is 21.8. The number of hydrogen-bond donors (Lipinski definition) is 3. The number of benzene rings is 2. The van der Waals surface area contributed by atoms with E-state index in [9.17, 15) is 31.4 Å². The van der Waals surface area contributed by atoms with Crippen molar-refractivity contribution in [3.63, 3.8) is 0 Å². The Morgan fingerprint density at radius 3 is 1.83 bits per heavy atom. The third-order valence-electron chi connectivity index (χ3n) is 4.09. The second-order valence-electron chi connectivity index (χ2n) is 6.42. The molecule has 29 heavy (non-hydrogen) atoms. The summed E-state index contributed by atoms with van der Waals surface area (Å²) in [5, 5.41) is 18.4. The normalized spacial score (nSPS) is 14.5. The van der Waals surface area contributed by atoms with Crippen molar-refractivity contribution in [3.05, 3.63) is 59.2 Å². The molecule has 10 heteroatoms. The predicted molar refractivity (Wildman–Crippen MR) is 92.2 cm³/mol. The minimum Gasteiger partial charge on any atom is -0.457 e. The van der Waals surface area contributed by atoms with Crippen LogP contribution in [0, 0.1) is 0 Å². The van der Waals surface area contributed by atoms with Crippen molar-refractivity contribution in [1.29, 1.82) is 0 Å². The van der Waals surface area contributed by atoms with Crippen LogP contribution in [0.25, 0.3) is 0 Å². The number of hydrogen-bond acceptors (Lipinski definition) is 4. The van der Waals surface area contributed by atoms with E-state index in [1.807, 2.05) is 0 Å². The average Bonchev–Trinajstić information content (AvgIpc) is 2.60. The summed E-state index contributed by atoms with van der Waals surface area (Å²) < 4.78 is 82.6. The van der Waals surface area contributed by atoms with Gasteiger partial charge in [-0.05, 0) is 48.7 Å². The molecule has 0 aromatic heterocycles. The molecule has 4 nitrogen and oxygen atoms in total. The predicted octanol–water partition coefficient (Wildman–Crippen LogP) is 4.65. The van der Waals surface area contributed by atoms with E-state index in [-0.39, 0.29) is 31.3 Å². The lowest BCUT2D eigenvalue weighted by Crippen LogP contribution is -2.19. The zero-order valence-electron chi connectivity index (χ0n) is 15.0. The molecule has 0 saturated heterocycles. The number of halogens is 6. The molecule has 0 heterocycles. The van der Waals surface area contributed by atoms with Crippen molar-refractivity contribution in [3.8, 4) is 11.5 Å². The molecule has 2 atom stereocenters. The van der Waals surface area contributed by atoms with E-state index >= 15 is 0 Å². The summed E-state index contributed by atoms with van der Waals surface area (Å²) in [6.07, 6.45) is -10.4. The first-order valence-electron chi connectivity index (χ1n) is 8.52. The molecule has 0 amide bonds. The molecular formula is C19H19F6NO3. The van der Waals surface area contributed by atoms with Crippen molar-refractivity contribution in [1.82, 2.24) is 0 Å². The quantitative estimate of drug-likeness (QED) is 0.567. The Kier molecular flexibility index (Phi) is 7.15. The van der Waals surface area contributed by atoms with Crippen molar-refractivity contribution in [2.45, 2.75) is 37.3 Å². The van der Waals surface area contributed by atoms with Crippen LogP contribution in [0.5, 0.6) is 11.5 Å². The van der Waals surface area contributed by atoms with Crippen LogP contribution in [-0.2, 0) is 12.4 Å². The van der Waals surface area contributed by atoms with Crippen LogP contribution >= 0.6 is 0 Å². The average molecular weight is 423 g/mol. The Hall–Kier alpha value is -2.30. The Labute approximate surface area is 162 Å². The fourth-order valence-corrected chi connectivity index (χ4v) is 2.60. The van der Waals surface area contributed by atoms with Crippen LogP contribution in [0.4, 0.5) is 26.3 Å². The number of rotatable bonds is 7. The maximum atomic E-state index is 12.9. The summed E-state index contributed by atoms with van der Waals surface area (Å²) in [5.41, 5.74) is 3.56. The van der Waals surface area contributed by atoms with Gasteiger partial charge in [-0.1, -0.05) is 12.1 Å². The standard InChI is InChI=1S/C19H19F6NO3/c20-18(21,22)12-7-13(19(23,24)25)9-16(8-12)29-15-3-1-11(2-4-15)17(26)10-14(28)5-6-27/h1-4,7-9,14,17,27-28H,5-6,10,26H2. The largest absolute Gasteiger partial charge is 0.457 e. The highest BCUT2D eigenvalue weighted by molar-refractivity contribution is 5.40. The van der Waals surface area contributed by atoms with Crippen LogP contribution in [-0.4, -0.2) is 22.9 Å². The zero-order valence-corrected chi connectivity index (χ0v) is 15.0. The smallest absolute Gasteiger partial charge is 0.416 e. The van der Waals surface area contributed by atoms with E-state index in [4.69, 9.17) is 15.6 Å². The molecule has 160 valence electrons. The molecule has 0 bridgehead atoms. The summed E-state index contributed by atoms with van der Waals surface area (Å²) in [6, 6.07) is 6.10. The van der Waals surface area contributed by atoms with Gasteiger partial charge in [0.25, 0.3) is 0 Å². The third-order valence-corrected chi connectivity index (χ3v) is 4.09. The van der Waals surface area contributed by atoms with Crippen LogP contribution in [0.3, 0.4) is 0 Å². The second-order valence-corrected chi connectivity index (χ2v) is 6.42. The van der Waals surface area contributed by atoms with E-state index < -0.39 is 41.4 Å². The molecule has 2 aromatic rings. The number of nitrogens with two attached hydrogens (primary N) is 1. The summed E-state index contributed by atoms with van der Waals surface area (Å²) in [5.74, 6) is -0.591. The first-order chi connectivity index (χ1) is 13.4. The highest BCUT2D eigenvalue weighted by Crippen LogP contribution is 2.39. The summed E-state index contributed by atoms with van der Waals surface area (Å²) in [4.78, 5) is 0. The van der Waals surface area contributed by atoms with E-state index in [0.717, 1.165) is 0 Å². The Bertz CT molecular complexity index is 773. The van der Waals surface area contributed by atoms with Crippen LogP contribution in [0.2, 0.25) is 0 Å².